The third-order valence-electron chi connectivity index (χ3n) is 6.99. The third-order valence-corrected chi connectivity index (χ3v) is 6.99. The van der Waals surface area contributed by atoms with Crippen molar-refractivity contribution in [2.24, 2.45) is 0 Å². The lowest BCUT2D eigenvalue weighted by molar-refractivity contribution is -0.0688. The van der Waals surface area contributed by atoms with Crippen molar-refractivity contribution in [3.05, 3.63) is 53.5 Å². The molecule has 3 aromatic heterocycles. The number of fused-ring (bicyclic) bond motifs is 1. The number of carbonyl (C=O) groups is 1. The number of nitrogens with zero attached hydrogens (tertiary/aromatic N) is 4. The minimum atomic E-state index is -3.02. The van der Waals surface area contributed by atoms with Gasteiger partial charge < -0.3 is 14.5 Å². The van der Waals surface area contributed by atoms with Crippen molar-refractivity contribution in [3.63, 3.8) is 0 Å². The molecule has 7 nitrogen and oxygen atoms in total. The van der Waals surface area contributed by atoms with Crippen LogP contribution in [0.5, 0.6) is 0 Å². The fourth-order valence-corrected chi connectivity index (χ4v) is 5.05. The second-order valence-corrected chi connectivity index (χ2v) is 9.64. The number of anilines is 1. The van der Waals surface area contributed by atoms with Crippen LogP contribution in [0, 0.1) is 6.92 Å². The molecule has 0 spiro atoms. The first kappa shape index (κ1) is 26.9. The van der Waals surface area contributed by atoms with Crippen LogP contribution in [0.25, 0.3) is 16.6 Å². The quantitative estimate of drug-likeness (QED) is 0.329. The van der Waals surface area contributed by atoms with Gasteiger partial charge in [-0.2, -0.15) is 0 Å². The van der Waals surface area contributed by atoms with Crippen molar-refractivity contribution in [2.75, 3.05) is 38.5 Å². The number of pyridine rings is 2. The summed E-state index contributed by atoms with van der Waals surface area (Å²) in [5.74, 6) is 0.327. The van der Waals surface area contributed by atoms with Crippen LogP contribution in [0.15, 0.2) is 36.7 Å². The highest BCUT2D eigenvalue weighted by Gasteiger charge is 2.33. The summed E-state index contributed by atoms with van der Waals surface area (Å²) in [7, 11) is 1.80. The largest absolute Gasteiger partial charge is 0.459 e. The Morgan fingerprint density at radius 1 is 1.05 bits per heavy atom. The van der Waals surface area contributed by atoms with Gasteiger partial charge in [0.05, 0.1) is 17.2 Å². The van der Waals surface area contributed by atoms with Gasteiger partial charge in [-0.1, -0.05) is 0 Å². The summed E-state index contributed by atoms with van der Waals surface area (Å²) in [6, 6.07) is 7.57. The number of hydrogen-bond acceptors (Lipinski definition) is 6. The summed E-state index contributed by atoms with van der Waals surface area (Å²) >= 11 is 0. The lowest BCUT2D eigenvalue weighted by atomic mass is 9.99. The highest BCUT2D eigenvalue weighted by molar-refractivity contribution is 5.95. The molecule has 37 heavy (non-hydrogen) atoms. The maximum Gasteiger partial charge on any atom is 0.338 e. The summed E-state index contributed by atoms with van der Waals surface area (Å²) < 4.78 is 47.3. The summed E-state index contributed by atoms with van der Waals surface area (Å²) in [6.45, 7) is 8.82. The summed E-state index contributed by atoms with van der Waals surface area (Å²) in [6.07, 6.45) is -1.84. The minimum absolute atomic E-state index is 0.161. The molecule has 3 aromatic rings. The zero-order valence-electron chi connectivity index (χ0n) is 21.8. The fourth-order valence-electron chi connectivity index (χ4n) is 5.05. The predicted octanol–water partition coefficient (Wildman–Crippen LogP) is 5.16. The molecule has 1 aliphatic heterocycles. The Hall–Kier alpha value is -3.11. The van der Waals surface area contributed by atoms with Gasteiger partial charge in [0.15, 0.2) is 0 Å². The van der Waals surface area contributed by atoms with Crippen molar-refractivity contribution in [1.29, 1.82) is 0 Å². The molecule has 0 aliphatic carbocycles. The number of esters is 1. The van der Waals surface area contributed by atoms with Gasteiger partial charge in [0, 0.05) is 62.9 Å². The van der Waals surface area contributed by atoms with E-state index in [1.54, 1.807) is 13.2 Å². The first-order chi connectivity index (χ1) is 17.6. The van der Waals surface area contributed by atoms with Crippen molar-refractivity contribution < 1.29 is 22.7 Å². The lowest BCUT2D eigenvalue weighted by Crippen LogP contribution is -2.51. The highest BCUT2D eigenvalue weighted by Crippen LogP contribution is 2.35. The van der Waals surface area contributed by atoms with E-state index in [1.165, 1.54) is 4.90 Å². The Morgan fingerprint density at radius 3 is 2.35 bits per heavy atom. The zero-order chi connectivity index (χ0) is 26.9. The molecule has 200 valence electrons. The molecule has 0 aromatic carbocycles. The standard InChI is InChI=1S/C27H34F3N5O2/c1-16(2)37-27(36)21-15-22-20(19-6-8-32-23(14-19)31-5)7-9-35(22)24(17(21)3)18(4)33-10-12-34(13-11-33)26(30)25(28)29/h6-9,14-16,18,25-26H,10-13H2,1-5H3,(H,31,32). The first-order valence-electron chi connectivity index (χ1n) is 12.5. The topological polar surface area (TPSA) is 62.1 Å². The number of rotatable bonds is 8. The van der Waals surface area contributed by atoms with Gasteiger partial charge in [-0.05, 0) is 63.1 Å². The second kappa shape index (κ2) is 11.1. The molecule has 1 saturated heterocycles. The second-order valence-electron chi connectivity index (χ2n) is 9.64. The average Bonchev–Trinajstić information content (AvgIpc) is 3.30. The Morgan fingerprint density at radius 2 is 1.73 bits per heavy atom. The predicted molar refractivity (Wildman–Crippen MR) is 138 cm³/mol. The van der Waals surface area contributed by atoms with E-state index in [9.17, 15) is 18.0 Å². The van der Waals surface area contributed by atoms with Crippen molar-refractivity contribution in [3.8, 4) is 11.1 Å². The number of ether oxygens (including phenoxy) is 1. The highest BCUT2D eigenvalue weighted by atomic mass is 19.3. The third kappa shape index (κ3) is 5.45. The Bertz CT molecular complexity index is 1250. The van der Waals surface area contributed by atoms with Gasteiger partial charge >= 0.3 is 5.97 Å². The molecule has 0 saturated carbocycles. The summed E-state index contributed by atoms with van der Waals surface area (Å²) in [4.78, 5) is 20.8. The smallest absolute Gasteiger partial charge is 0.338 e. The number of piperazine rings is 1. The SMILES string of the molecule is CNc1cc(-c2ccn3c(C(C)N4CCN(C(F)C(F)F)CC4)c(C)c(C(=O)OC(C)C)cc23)ccn1. The van der Waals surface area contributed by atoms with E-state index in [1.807, 2.05) is 58.2 Å². The number of nitrogens with one attached hydrogen (secondary N) is 1. The van der Waals surface area contributed by atoms with Crippen LogP contribution >= 0.6 is 0 Å². The van der Waals surface area contributed by atoms with Crippen LogP contribution < -0.4 is 5.32 Å². The van der Waals surface area contributed by atoms with E-state index in [4.69, 9.17) is 4.74 Å². The molecule has 1 fully saturated rings. The monoisotopic (exact) mass is 517 g/mol. The average molecular weight is 518 g/mol. The molecule has 10 heteroatoms. The number of hydrogen-bond donors (Lipinski definition) is 1. The van der Waals surface area contributed by atoms with E-state index < -0.39 is 18.7 Å². The molecule has 0 radical (unpaired) electrons. The molecule has 0 bridgehead atoms. The van der Waals surface area contributed by atoms with Crippen LogP contribution in [0.1, 0.15) is 48.4 Å². The number of carbonyl (C=O) groups excluding carboxylic acids is 1. The van der Waals surface area contributed by atoms with Crippen LogP contribution in [-0.4, -0.2) is 77.2 Å². The Labute approximate surface area is 215 Å². The minimum Gasteiger partial charge on any atom is -0.459 e. The summed E-state index contributed by atoms with van der Waals surface area (Å²) in [5.41, 5.74) is 4.90. The molecule has 2 atom stereocenters. The first-order valence-corrected chi connectivity index (χ1v) is 12.5. The molecule has 0 amide bonds. The zero-order valence-corrected chi connectivity index (χ0v) is 21.8. The van der Waals surface area contributed by atoms with E-state index >= 15 is 0 Å². The summed E-state index contributed by atoms with van der Waals surface area (Å²) in [5, 5.41) is 3.05. The number of halogens is 3. The molecular formula is C27H34F3N5O2. The number of aromatic nitrogens is 2. The van der Waals surface area contributed by atoms with Gasteiger partial charge in [0.25, 0.3) is 6.43 Å². The Balaban J connectivity index is 1.78. The molecule has 4 rings (SSSR count). The van der Waals surface area contributed by atoms with Crippen molar-refractivity contribution in [1.82, 2.24) is 19.2 Å². The van der Waals surface area contributed by atoms with E-state index in [0.29, 0.717) is 18.7 Å². The molecule has 2 unspecified atom stereocenters. The van der Waals surface area contributed by atoms with Gasteiger partial charge in [-0.3, -0.25) is 9.80 Å². The van der Waals surface area contributed by atoms with Crippen LogP contribution in [0.3, 0.4) is 0 Å². The molecular weight excluding hydrogens is 483 g/mol. The van der Waals surface area contributed by atoms with E-state index in [2.05, 4.69) is 19.6 Å². The molecule has 1 N–H and O–H groups in total. The maximum atomic E-state index is 13.9. The van der Waals surface area contributed by atoms with Crippen LogP contribution in [0.2, 0.25) is 0 Å². The van der Waals surface area contributed by atoms with Crippen LogP contribution in [0.4, 0.5) is 19.0 Å². The van der Waals surface area contributed by atoms with Crippen LogP contribution in [-0.2, 0) is 4.74 Å². The van der Waals surface area contributed by atoms with Crippen molar-refractivity contribution >= 4 is 17.3 Å². The van der Waals surface area contributed by atoms with E-state index in [-0.39, 0.29) is 25.2 Å². The number of alkyl halides is 3. The van der Waals surface area contributed by atoms with Gasteiger partial charge in [0.1, 0.15) is 5.82 Å². The molecule has 4 heterocycles. The van der Waals surface area contributed by atoms with Crippen molar-refractivity contribution in [2.45, 2.75) is 52.6 Å². The Kier molecular flexibility index (Phi) is 8.08. The maximum absolute atomic E-state index is 13.9. The van der Waals surface area contributed by atoms with Gasteiger partial charge in [-0.15, -0.1) is 0 Å². The fraction of sp³-hybridized carbons (Fsp3) is 0.481. The molecule has 1 aliphatic rings. The van der Waals surface area contributed by atoms with E-state index in [0.717, 1.165) is 33.7 Å². The lowest BCUT2D eigenvalue weighted by Gasteiger charge is -2.39. The van der Waals surface area contributed by atoms with Gasteiger partial charge in [-0.25, -0.2) is 22.9 Å². The normalized spacial score (nSPS) is 16.9. The van der Waals surface area contributed by atoms with Gasteiger partial charge in [0.2, 0.25) is 6.30 Å².